The van der Waals surface area contributed by atoms with E-state index < -0.39 is 10.0 Å². The molecule has 0 bridgehead atoms. The molecule has 0 saturated carbocycles. The Hall–Kier alpha value is -2.50. The number of aromatic nitrogens is 2. The minimum absolute atomic E-state index is 0.0506. The fraction of sp³-hybridized carbons (Fsp3) is 0.353. The monoisotopic (exact) mass is 422 g/mol. The molecule has 3 aromatic rings. The predicted octanol–water partition coefficient (Wildman–Crippen LogP) is 2.41. The zero-order chi connectivity index (χ0) is 19.7. The molecule has 1 saturated heterocycles. The maximum absolute atomic E-state index is 12.6. The minimum Gasteiger partial charge on any atom is -0.468 e. The van der Waals surface area contributed by atoms with E-state index in [0.29, 0.717) is 28.6 Å². The van der Waals surface area contributed by atoms with Crippen molar-refractivity contribution in [2.45, 2.75) is 31.2 Å². The third-order valence-electron chi connectivity index (χ3n) is 4.39. The van der Waals surface area contributed by atoms with Gasteiger partial charge in [0, 0.05) is 18.0 Å². The molecule has 148 valence electrons. The minimum atomic E-state index is -3.74. The van der Waals surface area contributed by atoms with Crippen LogP contribution in [0.25, 0.3) is 10.8 Å². The number of nitrogens with zero attached hydrogens (tertiary/aromatic N) is 3. The molecule has 4 rings (SSSR count). The standard InChI is InChI=1S/C17H18N4O5S2/c1-11-14(28(23,24)18-10-12-5-4-8-25-12)9-13(27-11)15-19-20-16(26-15)17(22)21-6-2-3-7-21/h4-5,8-9,18H,2-3,6-7,10H2,1H3. The van der Waals surface area contributed by atoms with Gasteiger partial charge in [-0.1, -0.05) is 0 Å². The third kappa shape index (κ3) is 3.73. The van der Waals surface area contributed by atoms with Crippen molar-refractivity contribution in [1.82, 2.24) is 19.8 Å². The Morgan fingerprint density at radius 3 is 2.82 bits per heavy atom. The summed E-state index contributed by atoms with van der Waals surface area (Å²) in [6.07, 6.45) is 3.40. The molecule has 0 radical (unpaired) electrons. The molecule has 0 aliphatic carbocycles. The summed E-state index contributed by atoms with van der Waals surface area (Å²) in [6, 6.07) is 4.85. The number of hydrogen-bond acceptors (Lipinski definition) is 8. The molecule has 1 aliphatic heterocycles. The lowest BCUT2D eigenvalue weighted by molar-refractivity contribution is 0.0754. The van der Waals surface area contributed by atoms with Crippen molar-refractivity contribution < 1.29 is 22.0 Å². The predicted molar refractivity (Wildman–Crippen MR) is 100 cm³/mol. The van der Waals surface area contributed by atoms with Crippen LogP contribution in [0.3, 0.4) is 0 Å². The Balaban J connectivity index is 1.53. The van der Waals surface area contributed by atoms with Crippen LogP contribution >= 0.6 is 11.3 Å². The summed E-state index contributed by atoms with van der Waals surface area (Å²) in [5.74, 6) is 0.266. The van der Waals surface area contributed by atoms with Crippen molar-refractivity contribution in [2.24, 2.45) is 0 Å². The maximum Gasteiger partial charge on any atom is 0.311 e. The highest BCUT2D eigenvalue weighted by Gasteiger charge is 2.27. The van der Waals surface area contributed by atoms with Gasteiger partial charge in [-0.15, -0.1) is 21.5 Å². The third-order valence-corrected chi connectivity index (χ3v) is 7.09. The molecular weight excluding hydrogens is 404 g/mol. The van der Waals surface area contributed by atoms with Gasteiger partial charge < -0.3 is 13.7 Å². The smallest absolute Gasteiger partial charge is 0.311 e. The van der Waals surface area contributed by atoms with Crippen LogP contribution < -0.4 is 4.72 Å². The van der Waals surface area contributed by atoms with E-state index in [1.54, 1.807) is 24.0 Å². The maximum atomic E-state index is 12.6. The van der Waals surface area contributed by atoms with Crippen LogP contribution in [0.2, 0.25) is 0 Å². The Kier molecular flexibility index (Phi) is 5.04. The SMILES string of the molecule is Cc1sc(-c2nnc(C(=O)N3CCCC3)o2)cc1S(=O)(=O)NCc1ccco1. The second kappa shape index (κ2) is 7.49. The number of thiophene rings is 1. The first-order chi connectivity index (χ1) is 13.4. The van der Waals surface area contributed by atoms with Crippen molar-refractivity contribution in [1.29, 1.82) is 0 Å². The van der Waals surface area contributed by atoms with Crippen molar-refractivity contribution in [3.05, 3.63) is 41.0 Å². The van der Waals surface area contributed by atoms with Gasteiger partial charge in [0.1, 0.15) is 5.76 Å². The summed E-state index contributed by atoms with van der Waals surface area (Å²) in [6.45, 7) is 3.11. The van der Waals surface area contributed by atoms with Crippen molar-refractivity contribution >= 4 is 27.3 Å². The lowest BCUT2D eigenvalue weighted by atomic mass is 10.4. The lowest BCUT2D eigenvalue weighted by Crippen LogP contribution is -2.27. The van der Waals surface area contributed by atoms with Crippen LogP contribution in [0.5, 0.6) is 0 Å². The highest BCUT2D eigenvalue weighted by Crippen LogP contribution is 2.33. The molecule has 4 heterocycles. The molecule has 1 N–H and O–H groups in total. The van der Waals surface area contributed by atoms with E-state index in [4.69, 9.17) is 8.83 Å². The molecule has 0 spiro atoms. The van der Waals surface area contributed by atoms with Gasteiger partial charge >= 0.3 is 11.8 Å². The van der Waals surface area contributed by atoms with E-state index in [1.807, 2.05) is 0 Å². The molecule has 1 aliphatic rings. The molecule has 3 aromatic heterocycles. The summed E-state index contributed by atoms with van der Waals surface area (Å²) >= 11 is 1.21. The number of likely N-dealkylation sites (tertiary alicyclic amines) is 1. The van der Waals surface area contributed by atoms with E-state index in [0.717, 1.165) is 12.8 Å². The zero-order valence-electron chi connectivity index (χ0n) is 15.0. The van der Waals surface area contributed by atoms with Gasteiger partial charge in [-0.25, -0.2) is 13.1 Å². The van der Waals surface area contributed by atoms with E-state index in [9.17, 15) is 13.2 Å². The highest BCUT2D eigenvalue weighted by molar-refractivity contribution is 7.89. The van der Waals surface area contributed by atoms with Gasteiger partial charge in [0.2, 0.25) is 10.0 Å². The first kappa shape index (κ1) is 18.8. The molecule has 0 aromatic carbocycles. The fourth-order valence-corrected chi connectivity index (χ4v) is 5.46. The molecule has 11 heteroatoms. The molecular formula is C17H18N4O5S2. The Labute approximate surface area is 165 Å². The number of nitrogens with one attached hydrogen (secondary N) is 1. The van der Waals surface area contributed by atoms with Crippen LogP contribution in [0, 0.1) is 6.92 Å². The van der Waals surface area contributed by atoms with E-state index in [-0.39, 0.29) is 29.1 Å². The number of furan rings is 1. The lowest BCUT2D eigenvalue weighted by Gasteiger charge is -2.11. The second-order valence-corrected chi connectivity index (χ2v) is 9.34. The van der Waals surface area contributed by atoms with Gasteiger partial charge in [0.15, 0.2) is 0 Å². The fourth-order valence-electron chi connectivity index (χ4n) is 2.96. The topological polar surface area (TPSA) is 119 Å². The summed E-state index contributed by atoms with van der Waals surface area (Å²) in [7, 11) is -3.74. The van der Waals surface area contributed by atoms with E-state index in [1.165, 1.54) is 23.7 Å². The summed E-state index contributed by atoms with van der Waals surface area (Å²) in [5, 5.41) is 7.75. The van der Waals surface area contributed by atoms with Gasteiger partial charge in [-0.2, -0.15) is 0 Å². The Morgan fingerprint density at radius 1 is 1.32 bits per heavy atom. The van der Waals surface area contributed by atoms with Crippen molar-refractivity contribution in [3.8, 4) is 10.8 Å². The average molecular weight is 422 g/mol. The molecule has 0 atom stereocenters. The molecule has 1 fully saturated rings. The van der Waals surface area contributed by atoms with Crippen molar-refractivity contribution in [2.75, 3.05) is 13.1 Å². The normalized spacial score (nSPS) is 14.7. The van der Waals surface area contributed by atoms with Crippen LogP contribution in [0.4, 0.5) is 0 Å². The Morgan fingerprint density at radius 2 is 2.11 bits per heavy atom. The number of carbonyl (C=O) groups is 1. The highest BCUT2D eigenvalue weighted by atomic mass is 32.2. The number of carbonyl (C=O) groups excluding carboxylic acids is 1. The number of aryl methyl sites for hydroxylation is 1. The van der Waals surface area contributed by atoms with Gasteiger partial charge in [0.05, 0.1) is 22.6 Å². The summed E-state index contributed by atoms with van der Waals surface area (Å²) in [5.41, 5.74) is 0. The molecule has 28 heavy (non-hydrogen) atoms. The van der Waals surface area contributed by atoms with Crippen LogP contribution in [-0.2, 0) is 16.6 Å². The zero-order valence-corrected chi connectivity index (χ0v) is 16.7. The Bertz CT molecular complexity index is 1080. The van der Waals surface area contributed by atoms with Gasteiger partial charge in [-0.3, -0.25) is 4.79 Å². The average Bonchev–Trinajstić information content (AvgIpc) is 3.47. The quantitative estimate of drug-likeness (QED) is 0.648. The van der Waals surface area contributed by atoms with E-state index >= 15 is 0 Å². The number of sulfonamides is 1. The molecule has 1 amide bonds. The molecule has 9 nitrogen and oxygen atoms in total. The number of rotatable bonds is 6. The van der Waals surface area contributed by atoms with Crippen LogP contribution in [0.1, 0.15) is 34.2 Å². The number of amides is 1. The van der Waals surface area contributed by atoms with E-state index in [2.05, 4.69) is 14.9 Å². The first-order valence-corrected chi connectivity index (χ1v) is 11.0. The van der Waals surface area contributed by atoms with Gasteiger partial charge in [0.25, 0.3) is 5.89 Å². The van der Waals surface area contributed by atoms with Crippen molar-refractivity contribution in [3.63, 3.8) is 0 Å². The molecule has 0 unspecified atom stereocenters. The second-order valence-electron chi connectivity index (χ2n) is 6.35. The summed E-state index contributed by atoms with van der Waals surface area (Å²) in [4.78, 5) is 15.2. The van der Waals surface area contributed by atoms with Gasteiger partial charge in [-0.05, 0) is 38.0 Å². The summed E-state index contributed by atoms with van der Waals surface area (Å²) < 4.78 is 38.4. The van der Waals surface area contributed by atoms with Crippen LogP contribution in [0.15, 0.2) is 38.2 Å². The number of hydrogen-bond donors (Lipinski definition) is 1. The largest absolute Gasteiger partial charge is 0.468 e. The van der Waals surface area contributed by atoms with Crippen LogP contribution in [-0.4, -0.2) is 42.5 Å². The first-order valence-electron chi connectivity index (χ1n) is 8.70.